The van der Waals surface area contributed by atoms with E-state index in [1.54, 1.807) is 12.0 Å². The molecular weight excluding hydrogens is 486 g/mol. The average molecular weight is 526 g/mol. The first kappa shape index (κ1) is 28.0. The maximum Gasteiger partial charge on any atom is 0.242 e. The normalized spacial score (nSPS) is 11.8. The molecule has 1 atom stereocenters. The molecule has 0 fully saturated rings. The number of hydrogen-bond acceptors (Lipinski definition) is 3. The number of hydrogen-bond donors (Lipinski definition) is 1. The minimum absolute atomic E-state index is 0.00719. The lowest BCUT2D eigenvalue weighted by Gasteiger charge is -2.30. The Labute approximate surface area is 231 Å². The molecule has 2 amide bonds. The molecule has 0 bridgehead atoms. The molecule has 0 aliphatic rings. The van der Waals surface area contributed by atoms with Crippen LogP contribution < -0.4 is 4.74 Å². The van der Waals surface area contributed by atoms with Gasteiger partial charge in [0.15, 0.2) is 0 Å². The topological polar surface area (TPSA) is 65.6 Å². The number of fused-ring (bicyclic) bond motifs is 1. The predicted octanol–water partition coefficient (Wildman–Crippen LogP) is 6.18. The smallest absolute Gasteiger partial charge is 0.242 e. The third kappa shape index (κ3) is 6.88. The summed E-state index contributed by atoms with van der Waals surface area (Å²) in [5.41, 5.74) is 4.18. The van der Waals surface area contributed by atoms with E-state index in [2.05, 4.69) is 17.1 Å². The van der Waals surface area contributed by atoms with Gasteiger partial charge >= 0.3 is 0 Å². The summed E-state index contributed by atoms with van der Waals surface area (Å²) in [6.07, 6.45) is 4.19. The van der Waals surface area contributed by atoms with Gasteiger partial charge < -0.3 is 19.5 Å². The van der Waals surface area contributed by atoms with Crippen molar-refractivity contribution in [2.45, 2.75) is 45.6 Å². The fourth-order valence-electron chi connectivity index (χ4n) is 5.18. The zero-order valence-corrected chi connectivity index (χ0v) is 23.2. The first-order chi connectivity index (χ1) is 19.0. The van der Waals surface area contributed by atoms with Gasteiger partial charge in [0.2, 0.25) is 11.8 Å². The Hall–Kier alpha value is -4.06. The average Bonchev–Trinajstić information content (AvgIpc) is 3.39. The van der Waals surface area contributed by atoms with Gasteiger partial charge in [-0.1, -0.05) is 80.6 Å². The summed E-state index contributed by atoms with van der Waals surface area (Å²) in [5.74, 6) is 0.427. The zero-order valence-electron chi connectivity index (χ0n) is 23.2. The van der Waals surface area contributed by atoms with Crippen molar-refractivity contribution in [1.29, 1.82) is 0 Å². The number of nitrogens with zero attached hydrogens (tertiary/aromatic N) is 2. The molecular formula is C33H39N3O3. The second-order valence-electron chi connectivity index (χ2n) is 9.87. The second-order valence-corrected chi connectivity index (χ2v) is 9.87. The third-order valence-corrected chi connectivity index (χ3v) is 7.27. The number of H-pyrrole nitrogens is 1. The second kappa shape index (κ2) is 13.7. The number of rotatable bonds is 13. The van der Waals surface area contributed by atoms with Gasteiger partial charge in [0.25, 0.3) is 0 Å². The molecule has 1 heterocycles. The van der Waals surface area contributed by atoms with Gasteiger partial charge in [-0.2, -0.15) is 0 Å². The van der Waals surface area contributed by atoms with Crippen LogP contribution in [-0.4, -0.2) is 53.3 Å². The molecule has 3 aromatic carbocycles. The van der Waals surface area contributed by atoms with Crippen LogP contribution >= 0.6 is 0 Å². The number of nitrogens with one attached hydrogen (secondary N) is 1. The molecule has 204 valence electrons. The first-order valence-corrected chi connectivity index (χ1v) is 13.8. The Balaban J connectivity index is 1.56. The molecule has 4 rings (SSSR count). The monoisotopic (exact) mass is 525 g/mol. The van der Waals surface area contributed by atoms with E-state index < -0.39 is 0 Å². The maximum absolute atomic E-state index is 13.9. The number of aromatic amines is 1. The molecule has 0 aliphatic carbocycles. The van der Waals surface area contributed by atoms with E-state index in [1.807, 2.05) is 91.7 Å². The highest BCUT2D eigenvalue weighted by Gasteiger charge is 2.27. The highest BCUT2D eigenvalue weighted by molar-refractivity contribution is 5.89. The number of benzene rings is 3. The van der Waals surface area contributed by atoms with E-state index in [1.165, 1.54) is 10.9 Å². The molecule has 6 heteroatoms. The molecule has 0 spiro atoms. The largest absolute Gasteiger partial charge is 0.496 e. The van der Waals surface area contributed by atoms with Gasteiger partial charge in [0.05, 0.1) is 19.6 Å². The van der Waals surface area contributed by atoms with Gasteiger partial charge in [-0.05, 0) is 42.5 Å². The van der Waals surface area contributed by atoms with Crippen molar-refractivity contribution < 1.29 is 14.3 Å². The Morgan fingerprint density at radius 1 is 0.846 bits per heavy atom. The summed E-state index contributed by atoms with van der Waals surface area (Å²) in [6, 6.07) is 25.8. The van der Waals surface area contributed by atoms with Gasteiger partial charge in [-0.3, -0.25) is 9.59 Å². The predicted molar refractivity (Wildman–Crippen MR) is 157 cm³/mol. The number of aromatic nitrogens is 1. The van der Waals surface area contributed by atoms with Crippen LogP contribution in [0.3, 0.4) is 0 Å². The molecule has 1 N–H and O–H groups in total. The summed E-state index contributed by atoms with van der Waals surface area (Å²) < 4.78 is 5.58. The molecule has 39 heavy (non-hydrogen) atoms. The van der Waals surface area contributed by atoms with Crippen LogP contribution in [0.2, 0.25) is 0 Å². The van der Waals surface area contributed by atoms with Crippen molar-refractivity contribution in [2.75, 3.05) is 26.7 Å². The highest BCUT2D eigenvalue weighted by atomic mass is 16.5. The summed E-state index contributed by atoms with van der Waals surface area (Å²) in [5, 5.41) is 1.17. The number of methoxy groups -OCH3 is 1. The van der Waals surface area contributed by atoms with Crippen molar-refractivity contribution in [3.05, 3.63) is 102 Å². The fourth-order valence-corrected chi connectivity index (χ4v) is 5.18. The van der Waals surface area contributed by atoms with Crippen molar-refractivity contribution in [1.82, 2.24) is 14.8 Å². The van der Waals surface area contributed by atoms with Crippen LogP contribution in [0.5, 0.6) is 5.75 Å². The minimum Gasteiger partial charge on any atom is -0.496 e. The van der Waals surface area contributed by atoms with E-state index >= 15 is 0 Å². The lowest BCUT2D eigenvalue weighted by molar-refractivity contribution is -0.141. The van der Waals surface area contributed by atoms with Crippen LogP contribution in [-0.2, 0) is 22.6 Å². The van der Waals surface area contributed by atoms with Crippen LogP contribution in [0, 0.1) is 0 Å². The van der Waals surface area contributed by atoms with Gasteiger partial charge in [0, 0.05) is 42.3 Å². The van der Waals surface area contributed by atoms with E-state index in [9.17, 15) is 9.59 Å². The lowest BCUT2D eigenvalue weighted by Crippen LogP contribution is -2.45. The first-order valence-electron chi connectivity index (χ1n) is 13.8. The van der Waals surface area contributed by atoms with Crippen LogP contribution in [0.25, 0.3) is 10.9 Å². The molecule has 0 radical (unpaired) electrons. The van der Waals surface area contributed by atoms with Gasteiger partial charge in [-0.15, -0.1) is 0 Å². The number of ether oxygens (including phenoxy) is 1. The molecule has 4 aromatic rings. The number of carbonyl (C=O) groups excluding carboxylic acids is 2. The van der Waals surface area contributed by atoms with Crippen LogP contribution in [0.4, 0.5) is 0 Å². The van der Waals surface area contributed by atoms with Crippen molar-refractivity contribution in [3.63, 3.8) is 0 Å². The standard InChI is InChI=1S/C33H39N3O3/c1-4-20-36(33(38)28(5-2)25-13-7-6-8-14-25)24-32(37)35(23-27-15-9-12-18-31(27)39-3)21-19-26-22-34-30-17-11-10-16-29(26)30/h6-18,22,28,34H,4-5,19-21,23-24H2,1-3H3. The highest BCUT2D eigenvalue weighted by Crippen LogP contribution is 2.24. The fraction of sp³-hybridized carbons (Fsp3) is 0.333. The van der Waals surface area contributed by atoms with Gasteiger partial charge in [-0.25, -0.2) is 0 Å². The Bertz CT molecular complexity index is 1360. The Morgan fingerprint density at radius 2 is 1.56 bits per heavy atom. The number of carbonyl (C=O) groups is 2. The van der Waals surface area contributed by atoms with E-state index in [-0.39, 0.29) is 24.3 Å². The molecule has 6 nitrogen and oxygen atoms in total. The van der Waals surface area contributed by atoms with Crippen LogP contribution in [0.1, 0.15) is 49.3 Å². The molecule has 1 aromatic heterocycles. The zero-order chi connectivity index (χ0) is 27.6. The minimum atomic E-state index is -0.264. The number of amides is 2. The Kier molecular flexibility index (Phi) is 9.79. The Morgan fingerprint density at radius 3 is 2.31 bits per heavy atom. The van der Waals surface area contributed by atoms with E-state index in [0.29, 0.717) is 32.5 Å². The number of para-hydroxylation sites is 2. The van der Waals surface area contributed by atoms with E-state index in [0.717, 1.165) is 28.8 Å². The van der Waals surface area contributed by atoms with Gasteiger partial charge in [0.1, 0.15) is 5.75 Å². The molecule has 1 unspecified atom stereocenters. The van der Waals surface area contributed by atoms with Crippen molar-refractivity contribution >= 4 is 22.7 Å². The summed E-state index contributed by atoms with van der Waals surface area (Å²) in [6.45, 7) is 5.60. The maximum atomic E-state index is 13.9. The summed E-state index contributed by atoms with van der Waals surface area (Å²) in [4.78, 5) is 34.5. The molecule has 0 aliphatic heterocycles. The molecule has 0 saturated heterocycles. The third-order valence-electron chi connectivity index (χ3n) is 7.27. The lowest BCUT2D eigenvalue weighted by atomic mass is 9.95. The van der Waals surface area contributed by atoms with E-state index in [4.69, 9.17) is 4.74 Å². The van der Waals surface area contributed by atoms with Crippen molar-refractivity contribution in [2.24, 2.45) is 0 Å². The van der Waals surface area contributed by atoms with Crippen molar-refractivity contribution in [3.8, 4) is 5.75 Å². The summed E-state index contributed by atoms with van der Waals surface area (Å²) in [7, 11) is 1.65. The quantitative estimate of drug-likeness (QED) is 0.227. The molecule has 0 saturated carbocycles. The SMILES string of the molecule is CCCN(CC(=O)N(CCc1c[nH]c2ccccc12)Cc1ccccc1OC)C(=O)C(CC)c1ccccc1. The van der Waals surface area contributed by atoms with Crippen LogP contribution in [0.15, 0.2) is 85.1 Å². The summed E-state index contributed by atoms with van der Waals surface area (Å²) >= 11 is 0.